The maximum absolute atomic E-state index is 13.9. The van der Waals surface area contributed by atoms with Crippen molar-refractivity contribution in [2.45, 2.75) is 11.8 Å². The topological polar surface area (TPSA) is 29.1 Å². The Kier molecular flexibility index (Phi) is 4.18. The lowest BCUT2D eigenvalue weighted by molar-refractivity contribution is 0.103. The monoisotopic (exact) mass is 331 g/mol. The average Bonchev–Trinajstić information content (AvgIpc) is 2.86. The molecule has 0 atom stereocenters. The summed E-state index contributed by atoms with van der Waals surface area (Å²) >= 11 is 2.93. The molecule has 1 heterocycles. The normalized spacial score (nSPS) is 10.9. The van der Waals surface area contributed by atoms with E-state index in [4.69, 9.17) is 0 Å². The van der Waals surface area contributed by atoms with Crippen LogP contribution < -0.4 is 5.32 Å². The molecule has 2 aromatic carbocycles. The van der Waals surface area contributed by atoms with E-state index >= 15 is 0 Å². The van der Waals surface area contributed by atoms with Crippen LogP contribution in [0.15, 0.2) is 47.4 Å². The molecule has 5 heteroatoms. The predicted molar refractivity (Wildman–Crippen MR) is 92.7 cm³/mol. The van der Waals surface area contributed by atoms with E-state index in [-0.39, 0.29) is 11.7 Å². The number of hydrogen-bond acceptors (Lipinski definition) is 3. The number of anilines is 1. The minimum absolute atomic E-state index is 0.198. The van der Waals surface area contributed by atoms with Gasteiger partial charge in [-0.3, -0.25) is 4.79 Å². The van der Waals surface area contributed by atoms with Crippen LogP contribution in [0.2, 0.25) is 0 Å². The SMILES string of the molecule is CSc1cccc(NC(=O)c2sc3cccc(F)c3c2C)c1. The van der Waals surface area contributed by atoms with Gasteiger partial charge in [0.25, 0.3) is 5.91 Å². The van der Waals surface area contributed by atoms with Crippen LogP contribution in [0.25, 0.3) is 10.1 Å². The van der Waals surface area contributed by atoms with E-state index in [1.807, 2.05) is 36.6 Å². The molecule has 0 aliphatic heterocycles. The number of carbonyl (C=O) groups is 1. The number of aryl methyl sites for hydroxylation is 1. The van der Waals surface area contributed by atoms with Gasteiger partial charge in [0.05, 0.1) is 4.88 Å². The third-order valence-corrected chi connectivity index (χ3v) is 5.42. The summed E-state index contributed by atoms with van der Waals surface area (Å²) in [6, 6.07) is 12.6. The summed E-state index contributed by atoms with van der Waals surface area (Å²) in [4.78, 5) is 14.1. The van der Waals surface area contributed by atoms with Crippen molar-refractivity contribution in [2.24, 2.45) is 0 Å². The molecule has 1 amide bonds. The van der Waals surface area contributed by atoms with Crippen molar-refractivity contribution in [1.82, 2.24) is 0 Å². The van der Waals surface area contributed by atoms with Crippen molar-refractivity contribution in [3.8, 4) is 0 Å². The van der Waals surface area contributed by atoms with Crippen molar-refractivity contribution in [1.29, 1.82) is 0 Å². The predicted octanol–water partition coefficient (Wildman–Crippen LogP) is 5.32. The number of thioether (sulfide) groups is 1. The number of rotatable bonds is 3. The van der Waals surface area contributed by atoms with Crippen molar-refractivity contribution in [3.05, 3.63) is 58.7 Å². The van der Waals surface area contributed by atoms with E-state index in [2.05, 4.69) is 5.32 Å². The fraction of sp³-hybridized carbons (Fsp3) is 0.118. The zero-order chi connectivity index (χ0) is 15.7. The Balaban J connectivity index is 1.95. The van der Waals surface area contributed by atoms with Crippen molar-refractivity contribution in [3.63, 3.8) is 0 Å². The fourth-order valence-electron chi connectivity index (χ4n) is 2.36. The van der Waals surface area contributed by atoms with Gasteiger partial charge in [0, 0.05) is 20.7 Å². The van der Waals surface area contributed by atoms with Gasteiger partial charge in [-0.1, -0.05) is 12.1 Å². The minimum Gasteiger partial charge on any atom is -0.321 e. The average molecular weight is 331 g/mol. The van der Waals surface area contributed by atoms with E-state index < -0.39 is 0 Å². The van der Waals surface area contributed by atoms with Gasteiger partial charge in [-0.25, -0.2) is 4.39 Å². The number of fused-ring (bicyclic) bond motifs is 1. The lowest BCUT2D eigenvalue weighted by atomic mass is 10.1. The lowest BCUT2D eigenvalue weighted by Crippen LogP contribution is -2.11. The number of hydrogen-bond donors (Lipinski definition) is 1. The first-order valence-corrected chi connectivity index (χ1v) is 8.77. The van der Waals surface area contributed by atoms with Crippen LogP contribution in [0.5, 0.6) is 0 Å². The molecule has 0 saturated carbocycles. The van der Waals surface area contributed by atoms with Gasteiger partial charge in [0.15, 0.2) is 0 Å². The summed E-state index contributed by atoms with van der Waals surface area (Å²) in [6.07, 6.45) is 1.99. The van der Waals surface area contributed by atoms with Crippen LogP contribution in [0.4, 0.5) is 10.1 Å². The van der Waals surface area contributed by atoms with Gasteiger partial charge in [-0.05, 0) is 49.1 Å². The molecule has 22 heavy (non-hydrogen) atoms. The molecule has 3 aromatic rings. The Bertz CT molecular complexity index is 857. The smallest absolute Gasteiger partial charge is 0.266 e. The number of nitrogens with one attached hydrogen (secondary N) is 1. The van der Waals surface area contributed by atoms with Gasteiger partial charge in [0.1, 0.15) is 5.82 Å². The van der Waals surface area contributed by atoms with Gasteiger partial charge < -0.3 is 5.32 Å². The molecule has 0 saturated heterocycles. The summed E-state index contributed by atoms with van der Waals surface area (Å²) in [5, 5.41) is 3.43. The minimum atomic E-state index is -0.283. The van der Waals surface area contributed by atoms with Crippen LogP contribution in [-0.2, 0) is 0 Å². The Morgan fingerprint density at radius 2 is 2.00 bits per heavy atom. The van der Waals surface area contributed by atoms with Gasteiger partial charge in [-0.2, -0.15) is 0 Å². The van der Waals surface area contributed by atoms with Gasteiger partial charge >= 0.3 is 0 Å². The highest BCUT2D eigenvalue weighted by Gasteiger charge is 2.17. The van der Waals surface area contributed by atoms with Crippen LogP contribution in [0.1, 0.15) is 15.2 Å². The van der Waals surface area contributed by atoms with Crippen LogP contribution >= 0.6 is 23.1 Å². The maximum atomic E-state index is 13.9. The number of benzene rings is 2. The highest BCUT2D eigenvalue weighted by molar-refractivity contribution is 7.98. The van der Waals surface area contributed by atoms with Crippen molar-refractivity contribution >= 4 is 44.8 Å². The zero-order valence-corrected chi connectivity index (χ0v) is 13.8. The summed E-state index contributed by atoms with van der Waals surface area (Å²) in [7, 11) is 0. The number of thiophene rings is 1. The molecule has 1 N–H and O–H groups in total. The molecule has 0 aliphatic carbocycles. The first-order chi connectivity index (χ1) is 10.6. The van der Waals surface area contributed by atoms with Crippen molar-refractivity contribution in [2.75, 3.05) is 11.6 Å². The molecule has 3 rings (SSSR count). The largest absolute Gasteiger partial charge is 0.321 e. The van der Waals surface area contributed by atoms with E-state index in [1.54, 1.807) is 24.8 Å². The van der Waals surface area contributed by atoms with Crippen LogP contribution in [0.3, 0.4) is 0 Å². The zero-order valence-electron chi connectivity index (χ0n) is 12.1. The molecule has 1 aromatic heterocycles. The van der Waals surface area contributed by atoms with E-state index in [0.29, 0.717) is 15.8 Å². The Labute approximate surface area is 136 Å². The summed E-state index contributed by atoms with van der Waals surface area (Å²) in [5.41, 5.74) is 1.44. The van der Waals surface area contributed by atoms with E-state index in [9.17, 15) is 9.18 Å². The van der Waals surface area contributed by atoms with Crippen LogP contribution in [0, 0.1) is 12.7 Å². The van der Waals surface area contributed by atoms with E-state index in [0.717, 1.165) is 15.3 Å². The highest BCUT2D eigenvalue weighted by atomic mass is 32.2. The summed E-state index contributed by atoms with van der Waals surface area (Å²) < 4.78 is 14.7. The Morgan fingerprint density at radius 3 is 2.73 bits per heavy atom. The van der Waals surface area contributed by atoms with Gasteiger partial charge in [-0.15, -0.1) is 23.1 Å². The molecular formula is C17H14FNOS2. The first-order valence-electron chi connectivity index (χ1n) is 6.73. The third kappa shape index (κ3) is 2.74. The molecular weight excluding hydrogens is 317 g/mol. The van der Waals surface area contributed by atoms with Gasteiger partial charge in [0.2, 0.25) is 0 Å². The molecule has 112 valence electrons. The standard InChI is InChI=1S/C17H14FNOS2/c1-10-15-13(18)7-4-8-14(15)22-16(10)17(20)19-11-5-3-6-12(9-11)21-2/h3-9H,1-2H3,(H,19,20). The molecule has 0 unspecified atom stereocenters. The quantitative estimate of drug-likeness (QED) is 0.658. The summed E-state index contributed by atoms with van der Waals surface area (Å²) in [5.74, 6) is -0.481. The Morgan fingerprint density at radius 1 is 1.23 bits per heavy atom. The molecule has 0 fully saturated rings. The second-order valence-corrected chi connectivity index (χ2v) is 6.79. The third-order valence-electron chi connectivity index (χ3n) is 3.44. The first kappa shape index (κ1) is 15.1. The second-order valence-electron chi connectivity index (χ2n) is 4.86. The molecule has 0 spiro atoms. The molecule has 2 nitrogen and oxygen atoms in total. The molecule has 0 radical (unpaired) electrons. The molecule has 0 bridgehead atoms. The lowest BCUT2D eigenvalue weighted by Gasteiger charge is -2.06. The Hall–Kier alpha value is -1.85. The fourth-order valence-corrected chi connectivity index (χ4v) is 3.94. The summed E-state index contributed by atoms with van der Waals surface area (Å²) in [6.45, 7) is 1.79. The van der Waals surface area contributed by atoms with Crippen molar-refractivity contribution < 1.29 is 9.18 Å². The van der Waals surface area contributed by atoms with Crippen LogP contribution in [-0.4, -0.2) is 12.2 Å². The number of carbonyl (C=O) groups excluding carboxylic acids is 1. The highest BCUT2D eigenvalue weighted by Crippen LogP contribution is 2.33. The number of amides is 1. The second kappa shape index (κ2) is 6.10. The maximum Gasteiger partial charge on any atom is 0.266 e. The van der Waals surface area contributed by atoms with E-state index in [1.165, 1.54) is 17.4 Å². The molecule has 0 aliphatic rings. The number of halogens is 1.